The van der Waals surface area contributed by atoms with Crippen LogP contribution in [0.4, 0.5) is 10.1 Å². The van der Waals surface area contributed by atoms with Crippen molar-refractivity contribution in [3.63, 3.8) is 0 Å². The number of ether oxygens (including phenoxy) is 1. The molecule has 1 aromatic heterocycles. The van der Waals surface area contributed by atoms with E-state index in [4.69, 9.17) is 10.3 Å². The lowest BCUT2D eigenvalue weighted by atomic mass is 10.3. The standard InChI is InChI=1S/C13H12FN5O/c14-10-3-1-4-11(7-10)18-8-12(19-15)9-20-13-16-5-2-6-17-13/h1-8,15,18H,9H2/b12-8-,19-15?. The van der Waals surface area contributed by atoms with Crippen LogP contribution in [0.15, 0.2) is 59.7 Å². The molecule has 0 saturated carbocycles. The number of rotatable bonds is 6. The van der Waals surface area contributed by atoms with Crippen LogP contribution in [0.2, 0.25) is 0 Å². The SMILES string of the molecule is N=N/C(=C\Nc1cccc(F)c1)COc1ncccn1. The second-order valence-corrected chi connectivity index (χ2v) is 3.72. The van der Waals surface area contributed by atoms with Gasteiger partial charge in [-0.1, -0.05) is 6.07 Å². The minimum Gasteiger partial charge on any atom is -0.457 e. The van der Waals surface area contributed by atoms with Crippen molar-refractivity contribution in [2.75, 3.05) is 11.9 Å². The minimum absolute atomic E-state index is 0.0375. The summed E-state index contributed by atoms with van der Waals surface area (Å²) in [4.78, 5) is 7.76. The molecule has 2 aromatic rings. The lowest BCUT2D eigenvalue weighted by Gasteiger charge is -2.05. The molecule has 1 aromatic carbocycles. The summed E-state index contributed by atoms with van der Waals surface area (Å²) in [6, 6.07) is 7.83. The van der Waals surface area contributed by atoms with E-state index in [2.05, 4.69) is 20.4 Å². The van der Waals surface area contributed by atoms with Gasteiger partial charge in [0.25, 0.3) is 0 Å². The normalized spacial score (nSPS) is 10.9. The molecule has 7 heteroatoms. The summed E-state index contributed by atoms with van der Waals surface area (Å²) in [5.41, 5.74) is 7.93. The van der Waals surface area contributed by atoms with E-state index in [0.717, 1.165) is 0 Å². The molecule has 102 valence electrons. The van der Waals surface area contributed by atoms with E-state index < -0.39 is 0 Å². The first-order chi connectivity index (χ1) is 9.78. The van der Waals surface area contributed by atoms with Gasteiger partial charge in [-0.3, -0.25) is 0 Å². The van der Waals surface area contributed by atoms with Gasteiger partial charge in [0.2, 0.25) is 0 Å². The molecule has 20 heavy (non-hydrogen) atoms. The number of aromatic nitrogens is 2. The highest BCUT2D eigenvalue weighted by atomic mass is 19.1. The number of halogens is 1. The smallest absolute Gasteiger partial charge is 0.316 e. The molecule has 0 spiro atoms. The molecule has 0 aliphatic carbocycles. The average molecular weight is 273 g/mol. The fourth-order valence-electron chi connectivity index (χ4n) is 1.35. The van der Waals surface area contributed by atoms with E-state index >= 15 is 0 Å². The molecule has 0 bridgehead atoms. The summed E-state index contributed by atoms with van der Waals surface area (Å²) in [5.74, 6) is -0.346. The van der Waals surface area contributed by atoms with Crippen molar-refractivity contribution in [2.24, 2.45) is 5.11 Å². The fraction of sp³-hybridized carbons (Fsp3) is 0.0769. The zero-order valence-electron chi connectivity index (χ0n) is 10.5. The summed E-state index contributed by atoms with van der Waals surface area (Å²) in [5, 5.41) is 6.15. The van der Waals surface area contributed by atoms with Crippen molar-refractivity contribution in [3.8, 4) is 6.01 Å². The second-order valence-electron chi connectivity index (χ2n) is 3.72. The third kappa shape index (κ3) is 4.13. The number of nitrogens with one attached hydrogen (secondary N) is 2. The Bertz CT molecular complexity index is 603. The predicted molar refractivity (Wildman–Crippen MR) is 70.8 cm³/mol. The van der Waals surface area contributed by atoms with Gasteiger partial charge in [0.05, 0.1) is 0 Å². The van der Waals surface area contributed by atoms with Crippen molar-refractivity contribution in [1.29, 1.82) is 5.53 Å². The topological polar surface area (TPSA) is 83.2 Å². The van der Waals surface area contributed by atoms with Crippen LogP contribution in [0.25, 0.3) is 0 Å². The molecule has 1 heterocycles. The van der Waals surface area contributed by atoms with Crippen LogP contribution >= 0.6 is 0 Å². The Morgan fingerprint density at radius 2 is 2.15 bits per heavy atom. The Morgan fingerprint density at radius 3 is 2.85 bits per heavy atom. The van der Waals surface area contributed by atoms with Crippen LogP contribution in [0.5, 0.6) is 6.01 Å². The Morgan fingerprint density at radius 1 is 1.35 bits per heavy atom. The monoisotopic (exact) mass is 273 g/mol. The molecular weight excluding hydrogens is 261 g/mol. The highest BCUT2D eigenvalue weighted by Gasteiger charge is 2.00. The van der Waals surface area contributed by atoms with Gasteiger partial charge >= 0.3 is 6.01 Å². The van der Waals surface area contributed by atoms with E-state index in [1.165, 1.54) is 18.3 Å². The highest BCUT2D eigenvalue weighted by Crippen LogP contribution is 2.10. The Labute approximate surface area is 114 Å². The maximum Gasteiger partial charge on any atom is 0.316 e. The first-order valence-corrected chi connectivity index (χ1v) is 5.76. The summed E-state index contributed by atoms with van der Waals surface area (Å²) >= 11 is 0. The van der Waals surface area contributed by atoms with Gasteiger partial charge in [-0.25, -0.2) is 19.9 Å². The third-order valence-electron chi connectivity index (χ3n) is 2.26. The number of anilines is 1. The van der Waals surface area contributed by atoms with Crippen LogP contribution in [-0.2, 0) is 0 Å². The quantitative estimate of drug-likeness (QED) is 0.792. The lowest BCUT2D eigenvalue weighted by molar-refractivity contribution is 0.320. The van der Waals surface area contributed by atoms with Crippen molar-refractivity contribution >= 4 is 5.69 Å². The number of hydrogen-bond donors (Lipinski definition) is 2. The van der Waals surface area contributed by atoms with Crippen LogP contribution < -0.4 is 10.1 Å². The zero-order chi connectivity index (χ0) is 14.2. The number of nitrogens with zero attached hydrogens (tertiary/aromatic N) is 3. The van der Waals surface area contributed by atoms with Gasteiger partial charge in [0.15, 0.2) is 0 Å². The van der Waals surface area contributed by atoms with Gasteiger partial charge in [0.1, 0.15) is 18.1 Å². The lowest BCUT2D eigenvalue weighted by Crippen LogP contribution is -2.04. The van der Waals surface area contributed by atoms with Gasteiger partial charge < -0.3 is 10.1 Å². The molecule has 0 atom stereocenters. The van der Waals surface area contributed by atoms with Gasteiger partial charge in [0, 0.05) is 24.3 Å². The average Bonchev–Trinajstić information content (AvgIpc) is 2.48. The zero-order valence-corrected chi connectivity index (χ0v) is 10.5. The van der Waals surface area contributed by atoms with Crippen LogP contribution in [0.3, 0.4) is 0 Å². The molecular formula is C13H12FN5O. The second kappa shape index (κ2) is 6.93. The first kappa shape index (κ1) is 13.6. The highest BCUT2D eigenvalue weighted by molar-refractivity contribution is 5.45. The van der Waals surface area contributed by atoms with Crippen LogP contribution in [0, 0.1) is 11.3 Å². The first-order valence-electron chi connectivity index (χ1n) is 5.76. The van der Waals surface area contributed by atoms with E-state index in [0.29, 0.717) is 11.4 Å². The Hall–Kier alpha value is -2.83. The maximum absolute atomic E-state index is 13.0. The van der Waals surface area contributed by atoms with Crippen molar-refractivity contribution < 1.29 is 9.13 Å². The van der Waals surface area contributed by atoms with E-state index in [9.17, 15) is 4.39 Å². The fourth-order valence-corrected chi connectivity index (χ4v) is 1.35. The molecule has 6 nitrogen and oxygen atoms in total. The third-order valence-corrected chi connectivity index (χ3v) is 2.26. The maximum atomic E-state index is 13.0. The molecule has 0 amide bonds. The molecule has 2 N–H and O–H groups in total. The summed E-state index contributed by atoms with van der Waals surface area (Å²) < 4.78 is 18.2. The van der Waals surface area contributed by atoms with Crippen molar-refractivity contribution in [1.82, 2.24) is 9.97 Å². The summed E-state index contributed by atoms with van der Waals surface area (Å²) in [6.07, 6.45) is 4.56. The van der Waals surface area contributed by atoms with Gasteiger partial charge in [-0.05, 0) is 24.3 Å². The molecule has 0 saturated heterocycles. The predicted octanol–water partition coefficient (Wildman–Crippen LogP) is 2.98. The Balaban J connectivity index is 1.94. The van der Waals surface area contributed by atoms with E-state index in [1.54, 1.807) is 30.6 Å². The molecule has 0 radical (unpaired) electrons. The Kier molecular flexibility index (Phi) is 4.71. The van der Waals surface area contributed by atoms with E-state index in [-0.39, 0.29) is 18.4 Å². The number of benzene rings is 1. The molecule has 0 aliphatic rings. The van der Waals surface area contributed by atoms with Crippen LogP contribution in [-0.4, -0.2) is 16.6 Å². The van der Waals surface area contributed by atoms with Gasteiger partial charge in [-0.2, -0.15) is 5.11 Å². The van der Waals surface area contributed by atoms with E-state index in [1.807, 2.05) is 0 Å². The minimum atomic E-state index is -0.346. The largest absolute Gasteiger partial charge is 0.457 e. The summed E-state index contributed by atoms with van der Waals surface area (Å²) in [7, 11) is 0. The van der Waals surface area contributed by atoms with Gasteiger partial charge in [-0.15, -0.1) is 0 Å². The van der Waals surface area contributed by atoms with Crippen molar-refractivity contribution in [2.45, 2.75) is 0 Å². The molecule has 0 fully saturated rings. The number of hydrogen-bond acceptors (Lipinski definition) is 6. The molecule has 0 unspecified atom stereocenters. The molecule has 2 rings (SSSR count). The van der Waals surface area contributed by atoms with Crippen molar-refractivity contribution in [3.05, 3.63) is 60.4 Å². The molecule has 0 aliphatic heterocycles. The summed E-state index contributed by atoms with van der Waals surface area (Å²) in [6.45, 7) is 0.0375. The van der Waals surface area contributed by atoms with Crippen LogP contribution in [0.1, 0.15) is 0 Å².